The molecule has 1 fully saturated rings. The van der Waals surface area contributed by atoms with Crippen LogP contribution in [0.4, 0.5) is 4.39 Å². The van der Waals surface area contributed by atoms with Gasteiger partial charge in [-0.3, -0.25) is 0 Å². The van der Waals surface area contributed by atoms with Gasteiger partial charge in [-0.1, -0.05) is 0 Å². The quantitative estimate of drug-likeness (QED) is 0.652. The van der Waals surface area contributed by atoms with Crippen molar-refractivity contribution in [1.82, 2.24) is 10.6 Å². The fraction of sp³-hybridized carbons (Fsp3) is 0.875. The summed E-state index contributed by atoms with van der Waals surface area (Å²) in [6.45, 7) is 2.05. The van der Waals surface area contributed by atoms with Gasteiger partial charge in [0.15, 0.2) is 5.11 Å². The maximum absolute atomic E-state index is 11.7. The van der Waals surface area contributed by atoms with Crippen molar-refractivity contribution in [2.75, 3.05) is 13.2 Å². The Kier molecular flexibility index (Phi) is 3.72. The molecule has 1 aliphatic carbocycles. The minimum atomic E-state index is -0.375. The van der Waals surface area contributed by atoms with Crippen LogP contribution in [0.15, 0.2) is 0 Å². The summed E-state index contributed by atoms with van der Waals surface area (Å²) in [7, 11) is 0. The third-order valence-electron chi connectivity index (χ3n) is 2.07. The summed E-state index contributed by atoms with van der Waals surface area (Å²) in [6.07, 6.45) is 2.58. The van der Waals surface area contributed by atoms with Gasteiger partial charge in [0.2, 0.25) is 0 Å². The number of hydrogen-bond donors (Lipinski definition) is 2. The molecule has 2 N–H and O–H groups in total. The van der Waals surface area contributed by atoms with Crippen LogP contribution in [0, 0.1) is 5.92 Å². The normalized spacial score (nSPS) is 18.5. The van der Waals surface area contributed by atoms with Crippen LogP contribution < -0.4 is 10.6 Å². The molecule has 0 bridgehead atoms. The van der Waals surface area contributed by atoms with Crippen LogP contribution in [0.3, 0.4) is 0 Å². The van der Waals surface area contributed by atoms with Crippen LogP contribution in [0.1, 0.15) is 19.8 Å². The number of hydrogen-bond acceptors (Lipinski definition) is 1. The van der Waals surface area contributed by atoms with Crippen molar-refractivity contribution in [1.29, 1.82) is 0 Å². The van der Waals surface area contributed by atoms with E-state index in [0.29, 0.717) is 17.7 Å². The molecule has 1 unspecified atom stereocenters. The molecule has 12 heavy (non-hydrogen) atoms. The van der Waals surface area contributed by atoms with Crippen molar-refractivity contribution in [3.05, 3.63) is 0 Å². The Hall–Kier alpha value is -0.380. The second-order valence-electron chi connectivity index (χ2n) is 3.22. The fourth-order valence-corrected chi connectivity index (χ4v) is 1.42. The van der Waals surface area contributed by atoms with Crippen molar-refractivity contribution < 1.29 is 4.39 Å². The summed E-state index contributed by atoms with van der Waals surface area (Å²) in [5.74, 6) is 0.773. The molecule has 4 heteroatoms. The van der Waals surface area contributed by atoms with Gasteiger partial charge in [-0.25, -0.2) is 4.39 Å². The van der Waals surface area contributed by atoms with E-state index in [9.17, 15) is 4.39 Å². The number of rotatable bonds is 4. The topological polar surface area (TPSA) is 24.1 Å². The second-order valence-corrected chi connectivity index (χ2v) is 3.62. The lowest BCUT2D eigenvalue weighted by atomic mass is 10.2. The van der Waals surface area contributed by atoms with Crippen LogP contribution in [-0.4, -0.2) is 24.4 Å². The molecule has 1 rings (SSSR count). The molecule has 0 aromatic carbocycles. The highest BCUT2D eigenvalue weighted by Crippen LogP contribution is 2.32. The highest BCUT2D eigenvalue weighted by atomic mass is 32.1. The van der Waals surface area contributed by atoms with E-state index in [-0.39, 0.29) is 6.67 Å². The lowest BCUT2D eigenvalue weighted by molar-refractivity contribution is 0.487. The Morgan fingerprint density at radius 2 is 2.33 bits per heavy atom. The Morgan fingerprint density at radius 3 is 2.83 bits per heavy atom. The van der Waals surface area contributed by atoms with Gasteiger partial charge < -0.3 is 10.6 Å². The van der Waals surface area contributed by atoms with Crippen LogP contribution in [-0.2, 0) is 0 Å². The van der Waals surface area contributed by atoms with E-state index in [1.807, 2.05) is 0 Å². The van der Waals surface area contributed by atoms with Gasteiger partial charge in [0.25, 0.3) is 0 Å². The third-order valence-corrected chi connectivity index (χ3v) is 2.33. The molecule has 0 radical (unpaired) electrons. The number of halogens is 1. The summed E-state index contributed by atoms with van der Waals surface area (Å²) < 4.78 is 11.7. The molecule has 2 nitrogen and oxygen atoms in total. The Morgan fingerprint density at radius 1 is 1.67 bits per heavy atom. The maximum Gasteiger partial charge on any atom is 0.166 e. The molecule has 0 aromatic heterocycles. The third kappa shape index (κ3) is 3.34. The van der Waals surface area contributed by atoms with Gasteiger partial charge in [-0.05, 0) is 37.9 Å². The van der Waals surface area contributed by atoms with Gasteiger partial charge in [0.1, 0.15) is 6.67 Å². The zero-order valence-corrected chi connectivity index (χ0v) is 8.09. The average molecular weight is 190 g/mol. The van der Waals surface area contributed by atoms with E-state index in [1.54, 1.807) is 0 Å². The Balaban J connectivity index is 2.07. The SMILES string of the molecule is CC(NC(=S)NCCF)C1CC1. The summed E-state index contributed by atoms with van der Waals surface area (Å²) in [6, 6.07) is 0.435. The minimum absolute atomic E-state index is 0.309. The largest absolute Gasteiger partial charge is 0.360 e. The van der Waals surface area contributed by atoms with E-state index in [0.717, 1.165) is 5.92 Å². The lowest BCUT2D eigenvalue weighted by Crippen LogP contribution is -2.42. The Bertz CT molecular complexity index is 159. The first-order valence-electron chi connectivity index (χ1n) is 4.34. The standard InChI is InChI=1S/C8H15FN2S/c1-6(7-2-3-7)11-8(12)10-5-4-9/h6-7H,2-5H2,1H3,(H2,10,11,12). The Labute approximate surface area is 77.9 Å². The zero-order valence-electron chi connectivity index (χ0n) is 7.27. The van der Waals surface area contributed by atoms with Crippen LogP contribution >= 0.6 is 12.2 Å². The van der Waals surface area contributed by atoms with E-state index < -0.39 is 0 Å². The summed E-state index contributed by atoms with van der Waals surface area (Å²) >= 11 is 4.95. The molecule has 0 amide bonds. The van der Waals surface area contributed by atoms with Crippen LogP contribution in [0.25, 0.3) is 0 Å². The van der Waals surface area contributed by atoms with Crippen molar-refractivity contribution in [3.8, 4) is 0 Å². The summed E-state index contributed by atoms with van der Waals surface area (Å²) in [4.78, 5) is 0. The lowest BCUT2D eigenvalue weighted by Gasteiger charge is -2.15. The first kappa shape index (κ1) is 9.71. The number of alkyl halides is 1. The summed E-state index contributed by atoms with van der Waals surface area (Å²) in [5, 5.41) is 6.50. The molecule has 0 aromatic rings. The molecule has 70 valence electrons. The van der Waals surface area contributed by atoms with Gasteiger partial charge >= 0.3 is 0 Å². The van der Waals surface area contributed by atoms with E-state index in [4.69, 9.17) is 12.2 Å². The molecule has 0 saturated heterocycles. The number of nitrogens with one attached hydrogen (secondary N) is 2. The van der Waals surface area contributed by atoms with Crippen molar-refractivity contribution in [3.63, 3.8) is 0 Å². The number of thiocarbonyl (C=S) groups is 1. The predicted octanol–water partition coefficient (Wildman–Crippen LogP) is 1.22. The summed E-state index contributed by atoms with van der Waals surface area (Å²) in [5.41, 5.74) is 0. The highest BCUT2D eigenvalue weighted by molar-refractivity contribution is 7.80. The highest BCUT2D eigenvalue weighted by Gasteiger charge is 2.27. The molecule has 1 saturated carbocycles. The van der Waals surface area contributed by atoms with Gasteiger partial charge in [0.05, 0.1) is 0 Å². The van der Waals surface area contributed by atoms with Crippen molar-refractivity contribution in [2.24, 2.45) is 5.92 Å². The molecular weight excluding hydrogens is 175 g/mol. The molecule has 0 heterocycles. The molecule has 0 spiro atoms. The first-order chi connectivity index (χ1) is 5.74. The first-order valence-corrected chi connectivity index (χ1v) is 4.75. The van der Waals surface area contributed by atoms with Crippen molar-refractivity contribution in [2.45, 2.75) is 25.8 Å². The zero-order chi connectivity index (χ0) is 8.97. The monoisotopic (exact) mass is 190 g/mol. The van der Waals surface area contributed by atoms with Gasteiger partial charge in [0, 0.05) is 12.6 Å². The van der Waals surface area contributed by atoms with Crippen LogP contribution in [0.5, 0.6) is 0 Å². The van der Waals surface area contributed by atoms with Gasteiger partial charge in [-0.2, -0.15) is 0 Å². The van der Waals surface area contributed by atoms with E-state index >= 15 is 0 Å². The molecular formula is C8H15FN2S. The van der Waals surface area contributed by atoms with E-state index in [2.05, 4.69) is 17.6 Å². The second kappa shape index (κ2) is 4.60. The molecule has 0 aliphatic heterocycles. The van der Waals surface area contributed by atoms with Gasteiger partial charge in [-0.15, -0.1) is 0 Å². The van der Waals surface area contributed by atoms with E-state index in [1.165, 1.54) is 12.8 Å². The smallest absolute Gasteiger partial charge is 0.166 e. The molecule has 1 aliphatic rings. The average Bonchev–Trinajstić information content (AvgIpc) is 2.82. The molecule has 1 atom stereocenters. The predicted molar refractivity (Wildman–Crippen MR) is 51.9 cm³/mol. The van der Waals surface area contributed by atoms with Crippen LogP contribution in [0.2, 0.25) is 0 Å². The maximum atomic E-state index is 11.7. The fourth-order valence-electron chi connectivity index (χ4n) is 1.13. The minimum Gasteiger partial charge on any atom is -0.360 e. The van der Waals surface area contributed by atoms with Crippen molar-refractivity contribution >= 4 is 17.3 Å².